The van der Waals surface area contributed by atoms with Gasteiger partial charge in [-0.05, 0) is 54.1 Å². The Morgan fingerprint density at radius 1 is 1.06 bits per heavy atom. The number of rotatable bonds is 7. The number of nitrogens with zero attached hydrogens (tertiary/aromatic N) is 2. The van der Waals surface area contributed by atoms with E-state index in [0.717, 1.165) is 16.7 Å². The molecule has 1 atom stereocenters. The number of likely N-dealkylation sites (N-methyl/N-ethyl adjacent to an activating group) is 1. The van der Waals surface area contributed by atoms with E-state index in [1.54, 1.807) is 43.3 Å². The molecule has 0 spiro atoms. The van der Waals surface area contributed by atoms with Crippen LogP contribution in [-0.2, 0) is 14.8 Å². The van der Waals surface area contributed by atoms with Crippen molar-refractivity contribution in [3.8, 4) is 17.2 Å². The quantitative estimate of drug-likeness (QED) is 0.545. The van der Waals surface area contributed by atoms with Crippen LogP contribution in [0.2, 0.25) is 5.02 Å². The Morgan fingerprint density at radius 3 is 2.42 bits per heavy atom. The van der Waals surface area contributed by atoms with E-state index in [2.05, 4.69) is 5.32 Å². The van der Waals surface area contributed by atoms with Crippen LogP contribution in [0.25, 0.3) is 0 Å². The molecule has 0 saturated heterocycles. The average molecular weight is 534 g/mol. The van der Waals surface area contributed by atoms with Crippen molar-refractivity contribution < 1.29 is 27.4 Å². The van der Waals surface area contributed by atoms with Gasteiger partial charge in [-0.3, -0.25) is 4.79 Å². The van der Waals surface area contributed by atoms with Crippen LogP contribution in [0.1, 0.15) is 11.5 Å². The zero-order valence-electron chi connectivity index (χ0n) is 20.1. The highest BCUT2D eigenvalue weighted by molar-refractivity contribution is 7.89. The summed E-state index contributed by atoms with van der Waals surface area (Å²) in [5.74, 6) is 1.09. The van der Waals surface area contributed by atoms with E-state index < -0.39 is 15.9 Å². The summed E-state index contributed by atoms with van der Waals surface area (Å²) in [6.07, 6.45) is 0. The van der Waals surface area contributed by atoms with Crippen LogP contribution in [0, 0.1) is 0 Å². The molecule has 2 aromatic rings. The molecule has 11 heteroatoms. The van der Waals surface area contributed by atoms with E-state index in [4.69, 9.17) is 25.8 Å². The van der Waals surface area contributed by atoms with Crippen LogP contribution in [0.3, 0.4) is 0 Å². The Bertz CT molecular complexity index is 1310. The van der Waals surface area contributed by atoms with Crippen molar-refractivity contribution in [2.24, 2.45) is 0 Å². The van der Waals surface area contributed by atoms with E-state index in [1.807, 2.05) is 6.07 Å². The van der Waals surface area contributed by atoms with Gasteiger partial charge in [0.15, 0.2) is 11.5 Å². The number of methoxy groups -OCH3 is 1. The second-order valence-electron chi connectivity index (χ2n) is 9.01. The van der Waals surface area contributed by atoms with E-state index in [-0.39, 0.29) is 23.9 Å². The summed E-state index contributed by atoms with van der Waals surface area (Å²) in [4.78, 5) is 15.5. The number of carbonyl (C=O) groups is 1. The van der Waals surface area contributed by atoms with Gasteiger partial charge in [-0.1, -0.05) is 11.6 Å². The first kappa shape index (κ1) is 24.9. The molecule has 1 amide bonds. The van der Waals surface area contributed by atoms with Gasteiger partial charge in [-0.25, -0.2) is 8.42 Å². The number of fused-ring (bicyclic) bond motifs is 1. The molecule has 3 aliphatic rings. The second-order valence-corrected chi connectivity index (χ2v) is 11.4. The van der Waals surface area contributed by atoms with E-state index >= 15 is 0 Å². The first-order valence-corrected chi connectivity index (χ1v) is 13.5. The predicted molar refractivity (Wildman–Crippen MR) is 134 cm³/mol. The van der Waals surface area contributed by atoms with Gasteiger partial charge in [0.1, 0.15) is 19.0 Å². The number of hydrogen-bond acceptors (Lipinski definition) is 7. The standard InChI is InChI=1S/C25H28ClN3O6S/c1-27-11-22(16-7-19(26)9-20(8-16)33-2)25(30)28-12-17-14-29(15-18(17)13-28)36(31,32)21-3-4-23-24(10-21)35-6-5-34-23/h3-4,7-10,22,27H,5-6,11-15H2,1-2H3. The Kier molecular flexibility index (Phi) is 6.86. The molecule has 1 unspecified atom stereocenters. The summed E-state index contributed by atoms with van der Waals surface area (Å²) in [6, 6.07) is 10.0. The van der Waals surface area contributed by atoms with Gasteiger partial charge in [-0.15, -0.1) is 0 Å². The number of amides is 1. The maximum atomic E-state index is 13.5. The molecule has 5 rings (SSSR count). The van der Waals surface area contributed by atoms with Crippen molar-refractivity contribution in [1.82, 2.24) is 14.5 Å². The molecule has 2 aromatic carbocycles. The second kappa shape index (κ2) is 9.93. The fraction of sp³-hybridized carbons (Fsp3) is 0.400. The fourth-order valence-electron chi connectivity index (χ4n) is 4.88. The van der Waals surface area contributed by atoms with Crippen molar-refractivity contribution in [2.45, 2.75) is 10.8 Å². The van der Waals surface area contributed by atoms with Crippen molar-refractivity contribution in [2.75, 3.05) is 60.1 Å². The van der Waals surface area contributed by atoms with Gasteiger partial charge in [0, 0.05) is 43.8 Å². The summed E-state index contributed by atoms with van der Waals surface area (Å²) in [5, 5.41) is 3.59. The molecule has 0 aliphatic carbocycles. The molecule has 36 heavy (non-hydrogen) atoms. The molecule has 192 valence electrons. The zero-order chi connectivity index (χ0) is 25.4. The summed E-state index contributed by atoms with van der Waals surface area (Å²) in [5.41, 5.74) is 2.71. The van der Waals surface area contributed by atoms with E-state index in [0.29, 0.717) is 55.1 Å². The molecule has 9 nitrogen and oxygen atoms in total. The minimum Gasteiger partial charge on any atom is -0.497 e. The van der Waals surface area contributed by atoms with Crippen LogP contribution < -0.4 is 19.5 Å². The van der Waals surface area contributed by atoms with Crippen LogP contribution >= 0.6 is 11.6 Å². The molecule has 0 saturated carbocycles. The lowest BCUT2D eigenvalue weighted by atomic mass is 9.97. The fourth-order valence-corrected chi connectivity index (χ4v) is 6.56. The first-order valence-electron chi connectivity index (χ1n) is 11.7. The largest absolute Gasteiger partial charge is 0.497 e. The number of hydrogen-bond donors (Lipinski definition) is 1. The first-order chi connectivity index (χ1) is 17.3. The maximum absolute atomic E-state index is 13.5. The minimum absolute atomic E-state index is 0.0377. The van der Waals surface area contributed by atoms with E-state index in [1.165, 1.54) is 10.4 Å². The highest BCUT2D eigenvalue weighted by Crippen LogP contribution is 2.36. The minimum atomic E-state index is -3.72. The highest BCUT2D eigenvalue weighted by Gasteiger charge is 2.39. The lowest BCUT2D eigenvalue weighted by molar-refractivity contribution is -0.131. The topological polar surface area (TPSA) is 97.4 Å². The third-order valence-electron chi connectivity index (χ3n) is 6.70. The predicted octanol–water partition coefficient (Wildman–Crippen LogP) is 2.27. The molecule has 1 N–H and O–H groups in total. The summed E-state index contributed by atoms with van der Waals surface area (Å²) in [6.45, 7) is 2.59. The Balaban J connectivity index is 1.28. The average Bonchev–Trinajstić information content (AvgIpc) is 3.46. The SMILES string of the molecule is CNCC(C(=O)N1CC2=C(C1)CN(S(=O)(=O)c1ccc3c(c1)OCCO3)C2)c1cc(Cl)cc(OC)c1. The number of carbonyl (C=O) groups excluding carboxylic acids is 1. The summed E-state index contributed by atoms with van der Waals surface area (Å²) in [7, 11) is -0.362. The van der Waals surface area contributed by atoms with Gasteiger partial charge in [0.05, 0.1) is 17.9 Å². The Hall–Kier alpha value is -2.79. The van der Waals surface area contributed by atoms with Gasteiger partial charge in [-0.2, -0.15) is 4.31 Å². The maximum Gasteiger partial charge on any atom is 0.243 e. The molecular weight excluding hydrogens is 506 g/mol. The number of benzene rings is 2. The summed E-state index contributed by atoms with van der Waals surface area (Å²) < 4.78 is 44.5. The third kappa shape index (κ3) is 4.66. The number of nitrogens with one attached hydrogen (secondary N) is 1. The van der Waals surface area contributed by atoms with Crippen LogP contribution in [0.4, 0.5) is 0 Å². The number of ether oxygens (including phenoxy) is 3. The van der Waals surface area contributed by atoms with Crippen molar-refractivity contribution >= 4 is 27.5 Å². The van der Waals surface area contributed by atoms with Gasteiger partial charge >= 0.3 is 0 Å². The van der Waals surface area contributed by atoms with Crippen molar-refractivity contribution in [3.05, 3.63) is 58.1 Å². The van der Waals surface area contributed by atoms with Gasteiger partial charge in [0.25, 0.3) is 0 Å². The van der Waals surface area contributed by atoms with Gasteiger partial charge in [0.2, 0.25) is 15.9 Å². The Labute approximate surface area is 215 Å². The molecule has 0 fully saturated rings. The number of halogens is 1. The molecule has 0 bridgehead atoms. The molecule has 3 aliphatic heterocycles. The van der Waals surface area contributed by atoms with Crippen molar-refractivity contribution in [1.29, 1.82) is 0 Å². The van der Waals surface area contributed by atoms with Crippen LogP contribution in [0.5, 0.6) is 17.2 Å². The number of sulfonamides is 1. The monoisotopic (exact) mass is 533 g/mol. The van der Waals surface area contributed by atoms with E-state index in [9.17, 15) is 13.2 Å². The lowest BCUT2D eigenvalue weighted by Gasteiger charge is -2.27. The molecular formula is C25H28ClN3O6S. The Morgan fingerprint density at radius 2 is 1.75 bits per heavy atom. The highest BCUT2D eigenvalue weighted by atomic mass is 35.5. The molecule has 3 heterocycles. The zero-order valence-corrected chi connectivity index (χ0v) is 21.7. The van der Waals surface area contributed by atoms with Crippen molar-refractivity contribution in [3.63, 3.8) is 0 Å². The molecule has 0 aromatic heterocycles. The molecule has 0 radical (unpaired) electrons. The van der Waals surface area contributed by atoms with Gasteiger partial charge < -0.3 is 24.4 Å². The summed E-state index contributed by atoms with van der Waals surface area (Å²) >= 11 is 6.25. The normalized spacial score (nSPS) is 18.4. The van der Waals surface area contributed by atoms with Crippen LogP contribution in [-0.4, -0.2) is 83.6 Å². The van der Waals surface area contributed by atoms with Crippen LogP contribution in [0.15, 0.2) is 52.4 Å². The smallest absolute Gasteiger partial charge is 0.243 e. The lowest BCUT2D eigenvalue weighted by Crippen LogP contribution is -2.40. The third-order valence-corrected chi connectivity index (χ3v) is 8.70.